The number of hydrogen-bond acceptors (Lipinski definition) is 4. The molecule has 0 spiro atoms. The summed E-state index contributed by atoms with van der Waals surface area (Å²) in [4.78, 5) is 26.7. The molecule has 1 aromatic heterocycles. The minimum Gasteiger partial charge on any atom is -0.383 e. The predicted molar refractivity (Wildman–Crippen MR) is 112 cm³/mol. The Morgan fingerprint density at radius 3 is 2.57 bits per heavy atom. The topological polar surface area (TPSA) is 63.6 Å². The Balaban J connectivity index is 2.00. The SMILES string of the molecule is COC[C@H](C)n1c(C)cc(C(=O)CN(C)CC(=O)Nc2ccccc2Cl)c1C. The number of methoxy groups -OCH3 is 1. The van der Waals surface area contributed by atoms with Crippen molar-refractivity contribution in [1.82, 2.24) is 9.47 Å². The van der Waals surface area contributed by atoms with Crippen LogP contribution < -0.4 is 5.32 Å². The van der Waals surface area contributed by atoms with E-state index in [1.54, 1.807) is 43.3 Å². The van der Waals surface area contributed by atoms with Gasteiger partial charge in [0.05, 0.1) is 36.4 Å². The Morgan fingerprint density at radius 2 is 1.93 bits per heavy atom. The van der Waals surface area contributed by atoms with Crippen LogP contribution in [-0.2, 0) is 9.53 Å². The molecule has 1 N–H and O–H groups in total. The molecule has 0 aliphatic carbocycles. The highest BCUT2D eigenvalue weighted by Crippen LogP contribution is 2.22. The standard InChI is InChI=1S/C21H28ClN3O3/c1-14-10-17(16(3)25(14)15(2)13-28-5)20(26)11-24(4)12-21(27)23-19-9-7-6-8-18(19)22/h6-10,15H,11-13H2,1-5H3,(H,23,27)/t15-/m0/s1. The largest absolute Gasteiger partial charge is 0.383 e. The van der Waals surface area contributed by atoms with Gasteiger partial charge in [-0.3, -0.25) is 14.5 Å². The number of nitrogens with zero attached hydrogens (tertiary/aromatic N) is 2. The lowest BCUT2D eigenvalue weighted by molar-refractivity contribution is -0.116. The lowest BCUT2D eigenvalue weighted by atomic mass is 10.1. The highest BCUT2D eigenvalue weighted by Gasteiger charge is 2.20. The molecule has 0 unspecified atom stereocenters. The van der Waals surface area contributed by atoms with E-state index in [9.17, 15) is 9.59 Å². The van der Waals surface area contributed by atoms with E-state index >= 15 is 0 Å². The fourth-order valence-electron chi connectivity index (χ4n) is 3.44. The van der Waals surface area contributed by atoms with Gasteiger partial charge in [0.1, 0.15) is 0 Å². The third kappa shape index (κ3) is 5.44. The van der Waals surface area contributed by atoms with Gasteiger partial charge in [0.2, 0.25) is 5.91 Å². The molecule has 152 valence electrons. The van der Waals surface area contributed by atoms with Gasteiger partial charge < -0.3 is 14.6 Å². The summed E-state index contributed by atoms with van der Waals surface area (Å²) in [6.07, 6.45) is 0. The fourth-order valence-corrected chi connectivity index (χ4v) is 3.62. The molecule has 0 saturated heterocycles. The summed E-state index contributed by atoms with van der Waals surface area (Å²) in [6, 6.07) is 9.10. The molecule has 0 aliphatic rings. The van der Waals surface area contributed by atoms with Gasteiger partial charge in [-0.2, -0.15) is 0 Å². The van der Waals surface area contributed by atoms with Crippen LogP contribution >= 0.6 is 11.6 Å². The maximum Gasteiger partial charge on any atom is 0.238 e. The average Bonchev–Trinajstić information content (AvgIpc) is 2.91. The number of nitrogens with one attached hydrogen (secondary N) is 1. The Labute approximate surface area is 171 Å². The van der Waals surface area contributed by atoms with Gasteiger partial charge in [0, 0.05) is 24.1 Å². The molecule has 1 aromatic carbocycles. The van der Waals surface area contributed by atoms with Crippen LogP contribution in [0, 0.1) is 13.8 Å². The minimum atomic E-state index is -0.220. The second-order valence-corrected chi connectivity index (χ2v) is 7.49. The molecule has 0 radical (unpaired) electrons. The normalized spacial score (nSPS) is 12.2. The number of Topliss-reactive ketones (excluding diaryl/α,β-unsaturated/α-hetero) is 1. The van der Waals surface area contributed by atoms with Crippen molar-refractivity contribution >= 4 is 29.0 Å². The van der Waals surface area contributed by atoms with Crippen LogP contribution in [0.1, 0.15) is 34.7 Å². The van der Waals surface area contributed by atoms with Crippen LogP contribution in [0.25, 0.3) is 0 Å². The highest BCUT2D eigenvalue weighted by atomic mass is 35.5. The molecule has 1 heterocycles. The summed E-state index contributed by atoms with van der Waals surface area (Å²) in [5.74, 6) is -0.236. The fraction of sp³-hybridized carbons (Fsp3) is 0.429. The second kappa shape index (κ2) is 9.87. The molecule has 1 amide bonds. The van der Waals surface area contributed by atoms with Crippen molar-refractivity contribution in [2.24, 2.45) is 0 Å². The number of halogens is 1. The van der Waals surface area contributed by atoms with Crippen molar-refractivity contribution < 1.29 is 14.3 Å². The van der Waals surface area contributed by atoms with Gasteiger partial charge in [-0.25, -0.2) is 0 Å². The lowest BCUT2D eigenvalue weighted by Crippen LogP contribution is -2.34. The molecular weight excluding hydrogens is 378 g/mol. The number of ketones is 1. The van der Waals surface area contributed by atoms with Crippen molar-refractivity contribution in [3.05, 3.63) is 52.3 Å². The Kier molecular flexibility index (Phi) is 7.80. The average molecular weight is 406 g/mol. The van der Waals surface area contributed by atoms with Gasteiger partial charge in [-0.1, -0.05) is 23.7 Å². The molecule has 7 heteroatoms. The summed E-state index contributed by atoms with van der Waals surface area (Å²) in [5, 5.41) is 3.24. The van der Waals surface area contributed by atoms with Crippen molar-refractivity contribution in [1.29, 1.82) is 0 Å². The lowest BCUT2D eigenvalue weighted by Gasteiger charge is -2.18. The number of aryl methyl sites for hydroxylation is 1. The van der Waals surface area contributed by atoms with Gasteiger partial charge in [-0.15, -0.1) is 0 Å². The Morgan fingerprint density at radius 1 is 1.25 bits per heavy atom. The monoisotopic (exact) mass is 405 g/mol. The number of aromatic nitrogens is 1. The van der Waals surface area contributed by atoms with Crippen molar-refractivity contribution in [3.8, 4) is 0 Å². The van der Waals surface area contributed by atoms with Crippen LogP contribution in [-0.4, -0.2) is 55.0 Å². The van der Waals surface area contributed by atoms with Crippen LogP contribution in [0.5, 0.6) is 0 Å². The molecule has 2 aromatic rings. The van der Waals surface area contributed by atoms with Crippen molar-refractivity contribution in [2.75, 3.05) is 39.2 Å². The number of hydrogen-bond donors (Lipinski definition) is 1. The zero-order valence-corrected chi connectivity index (χ0v) is 17.8. The number of likely N-dealkylation sites (N-methyl/N-ethyl adjacent to an activating group) is 1. The molecule has 0 bridgehead atoms. The van der Waals surface area contributed by atoms with E-state index in [4.69, 9.17) is 16.3 Å². The van der Waals surface area contributed by atoms with E-state index in [0.717, 1.165) is 11.4 Å². The molecule has 0 fully saturated rings. The Bertz CT molecular complexity index is 847. The molecule has 6 nitrogen and oxygen atoms in total. The zero-order valence-electron chi connectivity index (χ0n) is 17.1. The first-order valence-electron chi connectivity index (χ1n) is 9.18. The number of ether oxygens (including phenoxy) is 1. The highest BCUT2D eigenvalue weighted by molar-refractivity contribution is 6.33. The predicted octanol–water partition coefficient (Wildman–Crippen LogP) is 3.72. The Hall–Kier alpha value is -2.15. The number of anilines is 1. The van der Waals surface area contributed by atoms with E-state index in [2.05, 4.69) is 16.8 Å². The number of para-hydroxylation sites is 1. The summed E-state index contributed by atoms with van der Waals surface area (Å²) >= 11 is 6.06. The van der Waals surface area contributed by atoms with Gasteiger partial charge >= 0.3 is 0 Å². The van der Waals surface area contributed by atoms with Crippen LogP contribution in [0.3, 0.4) is 0 Å². The van der Waals surface area contributed by atoms with E-state index < -0.39 is 0 Å². The van der Waals surface area contributed by atoms with Crippen LogP contribution in [0.15, 0.2) is 30.3 Å². The summed E-state index contributed by atoms with van der Waals surface area (Å²) < 4.78 is 7.35. The summed E-state index contributed by atoms with van der Waals surface area (Å²) in [5.41, 5.74) is 3.17. The molecule has 0 saturated carbocycles. The van der Waals surface area contributed by atoms with E-state index in [1.165, 1.54) is 0 Å². The van der Waals surface area contributed by atoms with Crippen molar-refractivity contribution in [2.45, 2.75) is 26.8 Å². The zero-order chi connectivity index (χ0) is 20.8. The third-order valence-corrected chi connectivity index (χ3v) is 4.94. The molecule has 2 rings (SSSR count). The minimum absolute atomic E-state index is 0.0167. The second-order valence-electron chi connectivity index (χ2n) is 7.08. The van der Waals surface area contributed by atoms with Crippen LogP contribution in [0.2, 0.25) is 5.02 Å². The number of carbonyl (C=O) groups is 2. The first kappa shape index (κ1) is 22.1. The molecular formula is C21H28ClN3O3. The maximum atomic E-state index is 12.8. The van der Waals surface area contributed by atoms with Gasteiger partial charge in [-0.05, 0) is 46.0 Å². The van der Waals surface area contributed by atoms with Gasteiger partial charge in [0.15, 0.2) is 5.78 Å². The van der Waals surface area contributed by atoms with E-state index in [1.807, 2.05) is 19.9 Å². The van der Waals surface area contributed by atoms with Gasteiger partial charge in [0.25, 0.3) is 0 Å². The summed E-state index contributed by atoms with van der Waals surface area (Å²) in [6.45, 7) is 6.80. The number of benzene rings is 1. The van der Waals surface area contributed by atoms with Crippen molar-refractivity contribution in [3.63, 3.8) is 0 Å². The van der Waals surface area contributed by atoms with Crippen LogP contribution in [0.4, 0.5) is 5.69 Å². The maximum absolute atomic E-state index is 12.8. The third-order valence-electron chi connectivity index (χ3n) is 4.61. The number of rotatable bonds is 9. The summed E-state index contributed by atoms with van der Waals surface area (Å²) in [7, 11) is 3.41. The first-order valence-corrected chi connectivity index (χ1v) is 9.55. The molecule has 1 atom stereocenters. The number of amides is 1. The van der Waals surface area contributed by atoms with E-state index in [-0.39, 0.29) is 30.8 Å². The molecule has 28 heavy (non-hydrogen) atoms. The first-order chi connectivity index (χ1) is 13.2. The smallest absolute Gasteiger partial charge is 0.238 e. The number of carbonyl (C=O) groups excluding carboxylic acids is 2. The van der Waals surface area contributed by atoms with E-state index in [0.29, 0.717) is 22.9 Å². The quantitative estimate of drug-likeness (QED) is 0.646. The molecule has 0 aliphatic heterocycles.